The van der Waals surface area contributed by atoms with Gasteiger partial charge in [0.2, 0.25) is 0 Å². The van der Waals surface area contributed by atoms with Crippen molar-refractivity contribution in [1.82, 2.24) is 14.8 Å². The molecule has 158 valence electrons. The van der Waals surface area contributed by atoms with Gasteiger partial charge in [-0.15, -0.1) is 0 Å². The minimum atomic E-state index is 0.316. The van der Waals surface area contributed by atoms with Crippen molar-refractivity contribution >= 4 is 22.7 Å². The van der Waals surface area contributed by atoms with Gasteiger partial charge in [0.05, 0.1) is 18.7 Å². The normalized spacial score (nSPS) is 19.5. The van der Waals surface area contributed by atoms with E-state index in [1.807, 2.05) is 17.8 Å². The first-order valence-electron chi connectivity index (χ1n) is 10.8. The molecule has 0 aliphatic carbocycles. The van der Waals surface area contributed by atoms with Crippen molar-refractivity contribution in [3.05, 3.63) is 48.2 Å². The Labute approximate surface area is 182 Å². The smallest absolute Gasteiger partial charge is 0.147 e. The number of hydrogen-bond acceptors (Lipinski definition) is 5. The van der Waals surface area contributed by atoms with Crippen molar-refractivity contribution in [2.24, 2.45) is 0 Å². The largest absolute Gasteiger partial charge is 0.497 e. The molecule has 3 heterocycles. The quantitative estimate of drug-likeness (QED) is 0.661. The lowest BCUT2D eigenvalue weighted by Gasteiger charge is -2.32. The molecule has 30 heavy (non-hydrogen) atoms. The maximum Gasteiger partial charge on any atom is 0.147 e. The van der Waals surface area contributed by atoms with Gasteiger partial charge in [0.1, 0.15) is 18.1 Å². The number of nitrogens with one attached hydrogen (secondary N) is 1. The molecule has 1 N–H and O–H groups in total. The summed E-state index contributed by atoms with van der Waals surface area (Å²) < 4.78 is 14.4. The fourth-order valence-electron chi connectivity index (χ4n) is 4.67. The molecule has 1 unspecified atom stereocenters. The predicted octanol–water partition coefficient (Wildman–Crippen LogP) is 4.34. The summed E-state index contributed by atoms with van der Waals surface area (Å²) in [6, 6.07) is 15.1. The Morgan fingerprint density at radius 1 is 1.17 bits per heavy atom. The molecule has 1 saturated heterocycles. The number of aromatic nitrogens is 1. The van der Waals surface area contributed by atoms with Crippen molar-refractivity contribution in [2.45, 2.75) is 29.2 Å². The Morgan fingerprint density at radius 3 is 2.87 bits per heavy atom. The monoisotopic (exact) mass is 423 g/mol. The van der Waals surface area contributed by atoms with Crippen LogP contribution in [0.15, 0.2) is 52.3 Å². The fraction of sp³-hybridized carbons (Fsp3) is 0.417. The van der Waals surface area contributed by atoms with Gasteiger partial charge >= 0.3 is 0 Å². The highest BCUT2D eigenvalue weighted by Crippen LogP contribution is 2.46. The Kier molecular flexibility index (Phi) is 5.63. The number of rotatable bonds is 5. The van der Waals surface area contributed by atoms with Crippen LogP contribution in [0.2, 0.25) is 0 Å². The van der Waals surface area contributed by atoms with Crippen LogP contribution in [0.4, 0.5) is 0 Å². The average molecular weight is 424 g/mol. The maximum absolute atomic E-state index is 6.29. The molecule has 2 aromatic carbocycles. The predicted molar refractivity (Wildman–Crippen MR) is 122 cm³/mol. The zero-order valence-corrected chi connectivity index (χ0v) is 18.5. The molecule has 0 spiro atoms. The summed E-state index contributed by atoms with van der Waals surface area (Å²) >= 11 is 1.83. The number of methoxy groups -OCH3 is 1. The van der Waals surface area contributed by atoms with Gasteiger partial charge in [0, 0.05) is 46.6 Å². The van der Waals surface area contributed by atoms with Gasteiger partial charge in [-0.1, -0.05) is 30.0 Å². The van der Waals surface area contributed by atoms with Crippen molar-refractivity contribution in [1.29, 1.82) is 0 Å². The lowest BCUT2D eigenvalue weighted by atomic mass is 10.1. The van der Waals surface area contributed by atoms with Gasteiger partial charge < -0.3 is 19.4 Å². The molecule has 2 aliphatic rings. The Balaban J connectivity index is 1.58. The summed E-state index contributed by atoms with van der Waals surface area (Å²) in [6.07, 6.45) is 1.20. The summed E-state index contributed by atoms with van der Waals surface area (Å²) in [7, 11) is 1.72. The van der Waals surface area contributed by atoms with E-state index in [9.17, 15) is 0 Å². The van der Waals surface area contributed by atoms with Crippen LogP contribution in [0, 0.1) is 6.92 Å². The van der Waals surface area contributed by atoms with Crippen LogP contribution in [0.5, 0.6) is 11.5 Å². The van der Waals surface area contributed by atoms with Crippen LogP contribution in [0.25, 0.3) is 10.9 Å². The topological polar surface area (TPSA) is 38.7 Å². The average Bonchev–Trinajstić information content (AvgIpc) is 2.93. The summed E-state index contributed by atoms with van der Waals surface area (Å²) in [4.78, 5) is 5.13. The third kappa shape index (κ3) is 3.68. The number of benzene rings is 2. The first kappa shape index (κ1) is 19.8. The summed E-state index contributed by atoms with van der Waals surface area (Å²) in [5, 5.41) is 4.73. The van der Waals surface area contributed by atoms with E-state index in [1.165, 1.54) is 32.8 Å². The fourth-order valence-corrected chi connectivity index (χ4v) is 5.71. The van der Waals surface area contributed by atoms with Gasteiger partial charge in [-0.3, -0.25) is 4.90 Å². The van der Waals surface area contributed by atoms with Crippen LogP contribution < -0.4 is 14.8 Å². The Bertz CT molecular complexity index is 1030. The SMILES string of the molecule is COc1cc2c3c(c1)c(Sc1ccccc1)c(C)n3C(CN1CCCNCC1)CO2. The third-order valence-electron chi connectivity index (χ3n) is 6.12. The van der Waals surface area contributed by atoms with E-state index >= 15 is 0 Å². The minimum absolute atomic E-state index is 0.316. The van der Waals surface area contributed by atoms with Crippen molar-refractivity contribution in [3.63, 3.8) is 0 Å². The summed E-state index contributed by atoms with van der Waals surface area (Å²) in [5.41, 5.74) is 2.52. The Hall–Kier alpha value is -2.15. The van der Waals surface area contributed by atoms with E-state index in [4.69, 9.17) is 9.47 Å². The lowest BCUT2D eigenvalue weighted by Crippen LogP contribution is -2.37. The Morgan fingerprint density at radius 2 is 2.03 bits per heavy atom. The van der Waals surface area contributed by atoms with Gasteiger partial charge in [-0.05, 0) is 44.6 Å². The second kappa shape index (κ2) is 8.53. The summed E-state index contributed by atoms with van der Waals surface area (Å²) in [6.45, 7) is 8.40. The molecule has 0 radical (unpaired) electrons. The molecule has 1 aromatic heterocycles. The molecule has 5 nitrogen and oxygen atoms in total. The van der Waals surface area contributed by atoms with E-state index < -0.39 is 0 Å². The number of hydrogen-bond donors (Lipinski definition) is 1. The van der Waals surface area contributed by atoms with Crippen LogP contribution >= 0.6 is 11.8 Å². The standard InChI is InChI=1S/C24H29N3O2S/c1-17-24(30-20-7-4-3-5-8-20)21-13-19(28-2)14-22-23(21)27(17)18(16-29-22)15-26-11-6-9-25-10-12-26/h3-5,7-8,13-14,18,25H,6,9-12,15-16H2,1-2H3. The second-order valence-electron chi connectivity index (χ2n) is 8.09. The zero-order chi connectivity index (χ0) is 20.5. The van der Waals surface area contributed by atoms with Gasteiger partial charge in [0.15, 0.2) is 0 Å². The number of ether oxygens (including phenoxy) is 2. The second-order valence-corrected chi connectivity index (χ2v) is 9.17. The minimum Gasteiger partial charge on any atom is -0.497 e. The molecule has 2 aliphatic heterocycles. The van der Waals surface area contributed by atoms with Crippen LogP contribution in [0.1, 0.15) is 18.2 Å². The molecule has 3 aromatic rings. The molecule has 0 saturated carbocycles. The van der Waals surface area contributed by atoms with Crippen LogP contribution in [-0.4, -0.2) is 55.9 Å². The van der Waals surface area contributed by atoms with Crippen molar-refractivity contribution in [3.8, 4) is 11.5 Å². The first-order chi connectivity index (χ1) is 14.7. The lowest BCUT2D eigenvalue weighted by molar-refractivity contribution is 0.174. The molecule has 6 heteroatoms. The highest BCUT2D eigenvalue weighted by molar-refractivity contribution is 7.99. The highest BCUT2D eigenvalue weighted by atomic mass is 32.2. The van der Waals surface area contributed by atoms with Gasteiger partial charge in [0.25, 0.3) is 0 Å². The number of nitrogens with zero attached hydrogens (tertiary/aromatic N) is 2. The zero-order valence-electron chi connectivity index (χ0n) is 17.7. The van der Waals surface area contributed by atoms with Gasteiger partial charge in [-0.2, -0.15) is 0 Å². The maximum atomic E-state index is 6.29. The third-order valence-corrected chi connectivity index (χ3v) is 7.35. The van der Waals surface area contributed by atoms with Crippen LogP contribution in [0.3, 0.4) is 0 Å². The molecule has 1 atom stereocenters. The summed E-state index contributed by atoms with van der Waals surface area (Å²) in [5.74, 6) is 1.78. The van der Waals surface area contributed by atoms with E-state index in [1.54, 1.807) is 7.11 Å². The van der Waals surface area contributed by atoms with Crippen molar-refractivity contribution in [2.75, 3.05) is 46.4 Å². The molecule has 5 rings (SSSR count). The molecular weight excluding hydrogens is 394 g/mol. The van der Waals surface area contributed by atoms with E-state index in [0.717, 1.165) is 44.2 Å². The van der Waals surface area contributed by atoms with Gasteiger partial charge in [-0.25, -0.2) is 0 Å². The highest BCUT2D eigenvalue weighted by Gasteiger charge is 2.30. The first-order valence-corrected chi connectivity index (χ1v) is 11.6. The van der Waals surface area contributed by atoms with E-state index in [0.29, 0.717) is 12.6 Å². The molecule has 0 amide bonds. The van der Waals surface area contributed by atoms with E-state index in [-0.39, 0.29) is 0 Å². The molecular formula is C24H29N3O2S. The van der Waals surface area contributed by atoms with Crippen LogP contribution in [-0.2, 0) is 0 Å². The van der Waals surface area contributed by atoms with Crippen molar-refractivity contribution < 1.29 is 9.47 Å². The van der Waals surface area contributed by atoms with E-state index in [2.05, 4.69) is 58.1 Å². The molecule has 0 bridgehead atoms. The molecule has 1 fully saturated rings.